The molecule has 0 saturated carbocycles. The molecule has 1 atom stereocenters. The molecule has 34 heavy (non-hydrogen) atoms. The van der Waals surface area contributed by atoms with Crippen molar-refractivity contribution >= 4 is 17.7 Å². The average Bonchev–Trinajstić information content (AvgIpc) is 3.27. The van der Waals surface area contributed by atoms with Gasteiger partial charge >= 0.3 is 0 Å². The number of carbonyl (C=O) groups is 3. The third-order valence-electron chi connectivity index (χ3n) is 6.46. The molecular formula is C26H29N5O3. The summed E-state index contributed by atoms with van der Waals surface area (Å²) in [4.78, 5) is 40.2. The number of hydrogen-bond donors (Lipinski definition) is 2. The second kappa shape index (κ2) is 9.51. The summed E-state index contributed by atoms with van der Waals surface area (Å²) >= 11 is 0. The molecule has 0 aliphatic carbocycles. The van der Waals surface area contributed by atoms with E-state index in [2.05, 4.69) is 15.7 Å². The molecule has 1 aliphatic heterocycles. The molecule has 2 N–H and O–H groups in total. The molecule has 1 aromatic heterocycles. The summed E-state index contributed by atoms with van der Waals surface area (Å²) in [7, 11) is 1.60. The van der Waals surface area contributed by atoms with Crippen LogP contribution in [0.2, 0.25) is 0 Å². The van der Waals surface area contributed by atoms with Gasteiger partial charge in [-0.15, -0.1) is 0 Å². The highest BCUT2D eigenvalue weighted by atomic mass is 16.2. The van der Waals surface area contributed by atoms with Crippen molar-refractivity contribution in [1.82, 2.24) is 25.3 Å². The molecule has 4 rings (SSSR count). The maximum atomic E-state index is 13.1. The lowest BCUT2D eigenvalue weighted by atomic mass is 9.96. The van der Waals surface area contributed by atoms with Gasteiger partial charge in [-0.1, -0.05) is 54.6 Å². The number of benzene rings is 2. The van der Waals surface area contributed by atoms with E-state index < -0.39 is 5.54 Å². The number of carbonyl (C=O) groups excluding carboxylic acids is 3. The largest absolute Gasteiger partial charge is 0.350 e. The monoisotopic (exact) mass is 459 g/mol. The molecule has 0 spiro atoms. The highest BCUT2D eigenvalue weighted by Crippen LogP contribution is 2.26. The molecule has 0 fully saturated rings. The Hall–Kier alpha value is -3.94. The van der Waals surface area contributed by atoms with Gasteiger partial charge in [0.05, 0.1) is 6.54 Å². The normalized spacial score (nSPS) is 17.3. The lowest BCUT2D eigenvalue weighted by Gasteiger charge is -2.40. The van der Waals surface area contributed by atoms with Crippen LogP contribution in [-0.4, -0.2) is 51.5 Å². The molecular weight excluding hydrogens is 430 g/mol. The lowest BCUT2D eigenvalue weighted by molar-refractivity contribution is -0.132. The van der Waals surface area contributed by atoms with Gasteiger partial charge in [-0.2, -0.15) is 5.10 Å². The molecule has 3 amide bonds. The maximum Gasteiger partial charge on any atom is 0.272 e. The Kier molecular flexibility index (Phi) is 6.49. The Balaban J connectivity index is 1.43. The van der Waals surface area contributed by atoms with Crippen molar-refractivity contribution in [2.45, 2.75) is 38.9 Å². The van der Waals surface area contributed by atoms with Crippen molar-refractivity contribution in [1.29, 1.82) is 0 Å². The van der Waals surface area contributed by atoms with E-state index in [1.807, 2.05) is 61.5 Å². The second-order valence-corrected chi connectivity index (χ2v) is 8.81. The minimum absolute atomic E-state index is 0.154. The zero-order valence-electron chi connectivity index (χ0n) is 19.7. The van der Waals surface area contributed by atoms with E-state index in [0.29, 0.717) is 25.2 Å². The highest BCUT2D eigenvalue weighted by Gasteiger charge is 2.46. The first kappa shape index (κ1) is 23.2. The van der Waals surface area contributed by atoms with E-state index in [0.717, 1.165) is 5.56 Å². The molecule has 2 aromatic carbocycles. The zero-order valence-corrected chi connectivity index (χ0v) is 19.7. The van der Waals surface area contributed by atoms with Crippen LogP contribution in [0.3, 0.4) is 0 Å². The van der Waals surface area contributed by atoms with Gasteiger partial charge in [-0.05, 0) is 37.0 Å². The fourth-order valence-electron chi connectivity index (χ4n) is 4.10. The zero-order chi connectivity index (χ0) is 24.3. The predicted molar refractivity (Wildman–Crippen MR) is 128 cm³/mol. The van der Waals surface area contributed by atoms with Crippen molar-refractivity contribution < 1.29 is 14.4 Å². The summed E-state index contributed by atoms with van der Waals surface area (Å²) in [5, 5.41) is 10.1. The van der Waals surface area contributed by atoms with Crippen molar-refractivity contribution in [2.75, 3.05) is 13.6 Å². The van der Waals surface area contributed by atoms with E-state index in [4.69, 9.17) is 0 Å². The number of nitrogens with zero attached hydrogens (tertiary/aromatic N) is 3. The van der Waals surface area contributed by atoms with Crippen LogP contribution in [0.1, 0.15) is 44.6 Å². The van der Waals surface area contributed by atoms with Crippen LogP contribution in [0.4, 0.5) is 0 Å². The Labute approximate surface area is 199 Å². The molecule has 8 nitrogen and oxygen atoms in total. The van der Waals surface area contributed by atoms with Gasteiger partial charge in [0, 0.05) is 26.2 Å². The van der Waals surface area contributed by atoms with Crippen LogP contribution in [-0.2, 0) is 24.3 Å². The molecule has 8 heteroatoms. The fourth-order valence-corrected chi connectivity index (χ4v) is 4.10. The minimum atomic E-state index is -1.14. The molecule has 0 saturated heterocycles. The van der Waals surface area contributed by atoms with E-state index in [-0.39, 0.29) is 30.0 Å². The van der Waals surface area contributed by atoms with E-state index in [1.165, 1.54) is 26.8 Å². The average molecular weight is 460 g/mol. The van der Waals surface area contributed by atoms with Crippen LogP contribution in [0.5, 0.6) is 0 Å². The summed E-state index contributed by atoms with van der Waals surface area (Å²) in [5.74, 6) is -0.978. The van der Waals surface area contributed by atoms with Gasteiger partial charge < -0.3 is 15.5 Å². The van der Waals surface area contributed by atoms with Crippen LogP contribution < -0.4 is 10.6 Å². The summed E-state index contributed by atoms with van der Waals surface area (Å²) < 4.78 is 1.46. The Morgan fingerprint density at radius 1 is 1.06 bits per heavy atom. The number of rotatable bonds is 7. The standard InChI is InChI=1S/C26H29N5O3/c1-18-9-7-8-12-20(18)13-14-27-23(32)21-15-22-24(33)30(3)26(2,17-31(22)29-21)25(34)28-16-19-10-5-4-6-11-19/h4-12,15H,13-14,16-17H2,1-3H3,(H,27,32)(H,28,34)/t26-/m0/s1. The van der Waals surface area contributed by atoms with Crippen molar-refractivity contribution in [3.8, 4) is 0 Å². The summed E-state index contributed by atoms with van der Waals surface area (Å²) in [6, 6.07) is 19.1. The van der Waals surface area contributed by atoms with Gasteiger partial charge in [-0.3, -0.25) is 19.1 Å². The number of aryl methyl sites for hydroxylation is 1. The van der Waals surface area contributed by atoms with Crippen molar-refractivity contribution in [3.05, 3.63) is 88.7 Å². The van der Waals surface area contributed by atoms with Crippen LogP contribution in [0.25, 0.3) is 0 Å². The number of aromatic nitrogens is 2. The van der Waals surface area contributed by atoms with Gasteiger partial charge in [0.15, 0.2) is 5.69 Å². The quantitative estimate of drug-likeness (QED) is 0.567. The lowest BCUT2D eigenvalue weighted by Crippen LogP contribution is -2.62. The molecule has 1 aliphatic rings. The smallest absolute Gasteiger partial charge is 0.272 e. The van der Waals surface area contributed by atoms with Gasteiger partial charge in [-0.25, -0.2) is 0 Å². The highest BCUT2D eigenvalue weighted by molar-refractivity contribution is 6.01. The number of likely N-dealkylation sites (N-methyl/N-ethyl adjacent to an activating group) is 1. The molecule has 0 radical (unpaired) electrons. The van der Waals surface area contributed by atoms with E-state index in [9.17, 15) is 14.4 Å². The molecule has 0 unspecified atom stereocenters. The van der Waals surface area contributed by atoms with Crippen molar-refractivity contribution in [3.63, 3.8) is 0 Å². The van der Waals surface area contributed by atoms with Gasteiger partial charge in [0.1, 0.15) is 11.2 Å². The molecule has 2 heterocycles. The van der Waals surface area contributed by atoms with E-state index in [1.54, 1.807) is 14.0 Å². The molecule has 0 bridgehead atoms. The summed E-state index contributed by atoms with van der Waals surface area (Å²) in [5.41, 5.74) is 2.63. The number of fused-ring (bicyclic) bond motifs is 1. The van der Waals surface area contributed by atoms with Gasteiger partial charge in [0.2, 0.25) is 5.91 Å². The van der Waals surface area contributed by atoms with Crippen LogP contribution >= 0.6 is 0 Å². The topological polar surface area (TPSA) is 96.3 Å². The SMILES string of the molecule is Cc1ccccc1CCNC(=O)c1cc2n(n1)C[C@@](C)(C(=O)NCc1ccccc1)N(C)C2=O. The van der Waals surface area contributed by atoms with Crippen LogP contribution in [0, 0.1) is 6.92 Å². The number of amides is 3. The second-order valence-electron chi connectivity index (χ2n) is 8.81. The van der Waals surface area contributed by atoms with E-state index >= 15 is 0 Å². The first-order valence-electron chi connectivity index (χ1n) is 11.3. The molecule has 3 aromatic rings. The Morgan fingerprint density at radius 2 is 1.76 bits per heavy atom. The fraction of sp³-hybridized carbons (Fsp3) is 0.308. The first-order valence-corrected chi connectivity index (χ1v) is 11.3. The Morgan fingerprint density at radius 3 is 2.50 bits per heavy atom. The predicted octanol–water partition coefficient (Wildman–Crippen LogP) is 2.32. The maximum absolute atomic E-state index is 13.1. The third-order valence-corrected chi connectivity index (χ3v) is 6.46. The molecule has 176 valence electrons. The minimum Gasteiger partial charge on any atom is -0.350 e. The van der Waals surface area contributed by atoms with Crippen molar-refractivity contribution in [2.24, 2.45) is 0 Å². The first-order chi connectivity index (χ1) is 16.3. The Bertz CT molecular complexity index is 1220. The van der Waals surface area contributed by atoms with Crippen LogP contribution in [0.15, 0.2) is 60.7 Å². The summed E-state index contributed by atoms with van der Waals surface area (Å²) in [6.07, 6.45) is 0.702. The number of nitrogens with one attached hydrogen (secondary N) is 2. The van der Waals surface area contributed by atoms with Gasteiger partial charge in [0.25, 0.3) is 11.8 Å². The number of hydrogen-bond acceptors (Lipinski definition) is 4. The third kappa shape index (κ3) is 4.57. The summed E-state index contributed by atoms with van der Waals surface area (Å²) in [6.45, 7) is 4.71.